The highest BCUT2D eigenvalue weighted by molar-refractivity contribution is 8.76. The topological polar surface area (TPSA) is 276 Å². The molecule has 63 heavy (non-hydrogen) atoms. The number of aliphatic hydroxyl groups excluding tert-OH is 4. The Kier molecular flexibility index (Phi) is 17.9. The van der Waals surface area contributed by atoms with Gasteiger partial charge in [0.2, 0.25) is 12.1 Å². The minimum absolute atomic E-state index is 0.0757. The molecule has 2 aliphatic carbocycles. The summed E-state index contributed by atoms with van der Waals surface area (Å²) in [7, 11) is 3.18. The van der Waals surface area contributed by atoms with Gasteiger partial charge in [-0.05, 0) is 70.8 Å². The number of hydrogen-bond acceptors (Lipinski definition) is 17. The van der Waals surface area contributed by atoms with E-state index in [0.717, 1.165) is 50.5 Å². The molecule has 2 bridgehead atoms. The number of carbonyl (C=O) groups excluding carboxylic acids is 1. The third-order valence-corrected chi connectivity index (χ3v) is 14.8. The maximum absolute atomic E-state index is 14.5. The number of nitrogens with one attached hydrogen (secondary N) is 1. The molecule has 0 aromatic heterocycles. The largest absolute Gasteiger partial charge is 0.478 e. The second kappa shape index (κ2) is 22.8. The summed E-state index contributed by atoms with van der Waals surface area (Å²) in [5.74, 6) is -5.26. The molecule has 10 N–H and O–H groups in total. The number of esters is 1. The van der Waals surface area contributed by atoms with Crippen molar-refractivity contribution in [2.75, 3.05) is 44.4 Å². The molecule has 10 atom stereocenters. The first-order valence-electron chi connectivity index (χ1n) is 21.9. The molecule has 6 aliphatic rings. The van der Waals surface area contributed by atoms with Crippen LogP contribution in [-0.2, 0) is 33.3 Å². The summed E-state index contributed by atoms with van der Waals surface area (Å²) in [4.78, 5) is 33.6. The van der Waals surface area contributed by atoms with Crippen LogP contribution in [0.4, 0.5) is 0 Å². The van der Waals surface area contributed by atoms with Gasteiger partial charge in [-0.3, -0.25) is 4.99 Å². The molecule has 20 heteroatoms. The number of fused-ring (bicyclic) bond motifs is 4. The summed E-state index contributed by atoms with van der Waals surface area (Å²) in [6.07, 6.45) is 6.58. The first-order valence-corrected chi connectivity index (χ1v) is 24.4. The molecule has 0 amide bonds. The van der Waals surface area contributed by atoms with E-state index in [4.69, 9.17) is 29.4 Å². The Labute approximate surface area is 375 Å². The Morgan fingerprint density at radius 2 is 1.86 bits per heavy atom. The van der Waals surface area contributed by atoms with E-state index in [1.165, 1.54) is 12.5 Å². The first-order chi connectivity index (χ1) is 30.2. The number of hydrogen-bond donors (Lipinski definition) is 9. The number of rotatable bonds is 12. The van der Waals surface area contributed by atoms with Crippen molar-refractivity contribution in [2.24, 2.45) is 28.5 Å². The van der Waals surface area contributed by atoms with Crippen molar-refractivity contribution in [3.63, 3.8) is 0 Å². The fourth-order valence-corrected chi connectivity index (χ4v) is 11.6. The fourth-order valence-electron chi connectivity index (χ4n) is 8.78. The summed E-state index contributed by atoms with van der Waals surface area (Å²) in [5, 5.41) is 76.9. The van der Waals surface area contributed by atoms with Crippen LogP contribution in [0.5, 0.6) is 0 Å². The number of aliphatic carboxylic acids is 1. The molecule has 3 fully saturated rings. The highest BCUT2D eigenvalue weighted by Gasteiger charge is 2.57. The normalized spacial score (nSPS) is 33.2. The van der Waals surface area contributed by atoms with Crippen molar-refractivity contribution in [2.45, 2.75) is 127 Å². The van der Waals surface area contributed by atoms with Gasteiger partial charge in [0, 0.05) is 49.2 Å². The Hall–Kier alpha value is -3.15. The van der Waals surface area contributed by atoms with E-state index in [-0.39, 0.29) is 61.1 Å². The van der Waals surface area contributed by atoms with Gasteiger partial charge in [-0.25, -0.2) is 9.59 Å². The maximum Gasteiger partial charge on any atom is 0.339 e. The highest BCUT2D eigenvalue weighted by Crippen LogP contribution is 2.42. The van der Waals surface area contributed by atoms with E-state index in [2.05, 4.69) is 10.3 Å². The van der Waals surface area contributed by atoms with E-state index < -0.39 is 79.2 Å². The second-order valence-electron chi connectivity index (χ2n) is 17.1. The van der Waals surface area contributed by atoms with Crippen LogP contribution in [0.25, 0.3) is 0 Å². The van der Waals surface area contributed by atoms with Gasteiger partial charge in [0.25, 0.3) is 0 Å². The van der Waals surface area contributed by atoms with Crippen molar-refractivity contribution >= 4 is 39.5 Å². The van der Waals surface area contributed by atoms with Crippen LogP contribution in [-0.4, -0.2) is 158 Å². The van der Waals surface area contributed by atoms with Gasteiger partial charge in [0.15, 0.2) is 18.4 Å². The minimum Gasteiger partial charge on any atom is -0.478 e. The van der Waals surface area contributed by atoms with Crippen molar-refractivity contribution in [1.29, 1.82) is 0 Å². The summed E-state index contributed by atoms with van der Waals surface area (Å²) >= 11 is 0. The lowest BCUT2D eigenvalue weighted by Gasteiger charge is -2.48. The molecule has 6 rings (SSSR count). The van der Waals surface area contributed by atoms with Crippen molar-refractivity contribution in [3.8, 4) is 0 Å². The van der Waals surface area contributed by atoms with Gasteiger partial charge < -0.3 is 75.4 Å². The average Bonchev–Trinajstić information content (AvgIpc) is 3.70. The van der Waals surface area contributed by atoms with Crippen LogP contribution in [0.2, 0.25) is 0 Å². The van der Waals surface area contributed by atoms with E-state index in [1.807, 2.05) is 6.08 Å². The molecular formula is C43H64N4O14S2. The van der Waals surface area contributed by atoms with Gasteiger partial charge in [-0.2, -0.15) is 0 Å². The van der Waals surface area contributed by atoms with E-state index in [9.17, 15) is 45.3 Å². The molecule has 0 radical (unpaired) electrons. The highest BCUT2D eigenvalue weighted by atomic mass is 33.1. The lowest BCUT2D eigenvalue weighted by Crippen LogP contribution is -2.69. The Morgan fingerprint density at radius 3 is 2.56 bits per heavy atom. The van der Waals surface area contributed by atoms with Gasteiger partial charge in [-0.1, -0.05) is 51.8 Å². The maximum atomic E-state index is 14.5. The number of allylic oxidation sites excluding steroid dienone is 2. The Balaban J connectivity index is 1.49. The predicted molar refractivity (Wildman–Crippen MR) is 234 cm³/mol. The number of nitrogens with two attached hydrogens (primary N) is 1. The van der Waals surface area contributed by atoms with Crippen LogP contribution in [0.1, 0.15) is 71.6 Å². The molecule has 1 saturated heterocycles. The summed E-state index contributed by atoms with van der Waals surface area (Å²) < 4.78 is 30.9. The van der Waals surface area contributed by atoms with Gasteiger partial charge in [-0.15, -0.1) is 0 Å². The van der Waals surface area contributed by atoms with Crippen LogP contribution in [0.15, 0.2) is 63.7 Å². The van der Waals surface area contributed by atoms with Gasteiger partial charge >= 0.3 is 11.9 Å². The number of carboxylic acids is 1. The number of carboxylic acid groups (broad SMARTS) is 1. The molecule has 10 unspecified atom stereocenters. The minimum atomic E-state index is -2.92. The van der Waals surface area contributed by atoms with E-state index in [0.29, 0.717) is 29.9 Å². The number of nitrogens with zero attached hydrogens (tertiary/aromatic N) is 2. The van der Waals surface area contributed by atoms with Gasteiger partial charge in [0.05, 0.1) is 54.4 Å². The zero-order valence-corrected chi connectivity index (χ0v) is 37.5. The molecule has 0 aromatic carbocycles. The fraction of sp³-hybridized carbons (Fsp3) is 0.698. The first kappa shape index (κ1) is 49.3. The van der Waals surface area contributed by atoms with Crippen LogP contribution < -0.4 is 11.1 Å². The third-order valence-electron chi connectivity index (χ3n) is 12.2. The lowest BCUT2D eigenvalue weighted by molar-refractivity contribution is -0.413. The number of guanidine groups is 1. The summed E-state index contributed by atoms with van der Waals surface area (Å²) in [5.41, 5.74) is 7.98. The summed E-state index contributed by atoms with van der Waals surface area (Å²) in [6, 6.07) is -0.467. The molecule has 0 aromatic rings. The van der Waals surface area contributed by atoms with E-state index >= 15 is 0 Å². The smallest absolute Gasteiger partial charge is 0.339 e. The Bertz CT molecular complexity index is 1780. The lowest BCUT2D eigenvalue weighted by atomic mass is 9.80. The monoisotopic (exact) mass is 924 g/mol. The second-order valence-corrected chi connectivity index (χ2v) is 19.6. The molecule has 352 valence electrons. The van der Waals surface area contributed by atoms with Crippen LogP contribution >= 0.6 is 21.6 Å². The average molecular weight is 925 g/mol. The SMILES string of the molecule is CC(C)OC1C(OC2OC=C3C(=O)OC4CCCC4CSSCC(CO)N4C=C(C(=O)O)C(NC(N)=NCCCO)=C(C=CC3C2C=C2CCCCC2)C4)OC(CO)C(O)C1(O)O. The number of ether oxygens (including phenoxy) is 5. The van der Waals surface area contributed by atoms with Crippen molar-refractivity contribution < 1.29 is 69.0 Å². The predicted octanol–water partition coefficient (Wildman–Crippen LogP) is 1.77. The quantitative estimate of drug-likeness (QED) is 0.0257. The zero-order valence-electron chi connectivity index (χ0n) is 35.8. The van der Waals surface area contributed by atoms with Crippen LogP contribution in [0, 0.1) is 17.8 Å². The van der Waals surface area contributed by atoms with Crippen LogP contribution in [0.3, 0.4) is 0 Å². The molecule has 4 heterocycles. The number of aliphatic imine (C=N–C) groups is 1. The molecule has 18 nitrogen and oxygen atoms in total. The summed E-state index contributed by atoms with van der Waals surface area (Å²) in [6.45, 7) is 2.49. The van der Waals surface area contributed by atoms with Gasteiger partial charge in [0.1, 0.15) is 18.3 Å². The zero-order chi connectivity index (χ0) is 45.3. The number of aliphatic hydroxyl groups is 6. The number of carbonyl (C=O) groups is 2. The molecule has 4 aliphatic heterocycles. The van der Waals surface area contributed by atoms with E-state index in [1.54, 1.807) is 52.5 Å². The Morgan fingerprint density at radius 1 is 1.10 bits per heavy atom. The van der Waals surface area contributed by atoms with Crippen molar-refractivity contribution in [1.82, 2.24) is 10.2 Å². The molecule has 0 spiro atoms. The van der Waals surface area contributed by atoms with Crippen molar-refractivity contribution in [3.05, 3.63) is 58.7 Å². The molecular weight excluding hydrogens is 861 g/mol. The standard InChI is InChI=1S/C43H64N4O14S2/c1-24(2)58-37-41(60-34(20-50)36(51)43(37,55)56)61-40-30(16-25-8-4-3-5-9-25)29-13-12-26-17-47(18-31(38(52)53)35(26)46-42(44)45-14-7-15-48)28(19-49)23-63-62-22-27-10-6-11-33(27)59-39(54)32(29)21-57-40/h12-13,16,18,21,24,27-30,33-34,36-37,40-41,48-51,55-56H,3-11,14-15,17,19-20,22-23H2,1-2H3,(H,52,53)(H3,44,45,46). The molecule has 2 saturated carbocycles. The third kappa shape index (κ3) is 12.2.